The summed E-state index contributed by atoms with van der Waals surface area (Å²) < 4.78 is 7.50. The molecule has 0 unspecified atom stereocenters. The zero-order valence-corrected chi connectivity index (χ0v) is 12.8. The standard InChI is InChI=1S/C15H22N4O2/c1-10(2)4-5-21-12-6-13-14(16-9-12)19(18-17-13)11-7-15(3,20)8-11/h6,9-11,20H,4-5,7-8H2,1-3H3. The molecule has 0 radical (unpaired) electrons. The minimum atomic E-state index is -0.581. The molecule has 3 rings (SSSR count). The number of fused-ring (bicyclic) bond motifs is 1. The van der Waals surface area contributed by atoms with Crippen molar-refractivity contribution in [3.63, 3.8) is 0 Å². The number of hydrogen-bond donors (Lipinski definition) is 1. The van der Waals surface area contributed by atoms with Crippen LogP contribution in [0.2, 0.25) is 0 Å². The minimum absolute atomic E-state index is 0.185. The molecule has 6 heteroatoms. The van der Waals surface area contributed by atoms with Gasteiger partial charge in [-0.1, -0.05) is 19.1 Å². The van der Waals surface area contributed by atoms with Gasteiger partial charge in [0.25, 0.3) is 0 Å². The van der Waals surface area contributed by atoms with Crippen molar-refractivity contribution >= 4 is 11.2 Å². The van der Waals surface area contributed by atoms with Gasteiger partial charge in [-0.05, 0) is 32.1 Å². The fourth-order valence-electron chi connectivity index (χ4n) is 2.68. The summed E-state index contributed by atoms with van der Waals surface area (Å²) in [4.78, 5) is 4.42. The molecule has 1 aliphatic carbocycles. The molecule has 6 nitrogen and oxygen atoms in total. The van der Waals surface area contributed by atoms with Gasteiger partial charge in [-0.3, -0.25) is 0 Å². The first kappa shape index (κ1) is 14.3. The Labute approximate surface area is 124 Å². The Hall–Kier alpha value is -1.69. The van der Waals surface area contributed by atoms with E-state index in [1.54, 1.807) is 6.20 Å². The molecule has 1 fully saturated rings. The summed E-state index contributed by atoms with van der Waals surface area (Å²) in [6.07, 6.45) is 4.13. The van der Waals surface area contributed by atoms with E-state index in [1.807, 2.05) is 17.7 Å². The van der Waals surface area contributed by atoms with E-state index in [1.165, 1.54) is 0 Å². The van der Waals surface area contributed by atoms with Gasteiger partial charge in [-0.25, -0.2) is 9.67 Å². The lowest BCUT2D eigenvalue weighted by atomic mass is 9.77. The largest absolute Gasteiger partial charge is 0.492 e. The van der Waals surface area contributed by atoms with Crippen molar-refractivity contribution in [1.29, 1.82) is 0 Å². The number of pyridine rings is 1. The third-order valence-electron chi connectivity index (χ3n) is 3.95. The Morgan fingerprint density at radius 1 is 1.48 bits per heavy atom. The highest BCUT2D eigenvalue weighted by Crippen LogP contribution is 2.41. The Bertz CT molecular complexity index is 628. The van der Waals surface area contributed by atoms with Gasteiger partial charge in [0.05, 0.1) is 24.4 Å². The van der Waals surface area contributed by atoms with Gasteiger partial charge in [-0.2, -0.15) is 0 Å². The first-order valence-corrected chi connectivity index (χ1v) is 7.51. The maximum atomic E-state index is 9.84. The SMILES string of the molecule is CC(C)CCOc1cnc2c(c1)nnn2C1CC(C)(O)C1. The predicted octanol–water partition coefficient (Wildman–Crippen LogP) is 2.34. The molecular formula is C15H22N4O2. The van der Waals surface area contributed by atoms with E-state index in [-0.39, 0.29) is 6.04 Å². The van der Waals surface area contributed by atoms with Gasteiger partial charge in [-0.15, -0.1) is 5.10 Å². The molecule has 0 aliphatic heterocycles. The molecule has 114 valence electrons. The average molecular weight is 290 g/mol. The molecule has 0 amide bonds. The van der Waals surface area contributed by atoms with Crippen LogP contribution in [-0.4, -0.2) is 37.3 Å². The molecule has 0 atom stereocenters. The lowest BCUT2D eigenvalue weighted by Crippen LogP contribution is -2.42. The van der Waals surface area contributed by atoms with Crippen LogP contribution in [-0.2, 0) is 0 Å². The molecule has 0 spiro atoms. The number of ether oxygens (including phenoxy) is 1. The molecule has 2 heterocycles. The summed E-state index contributed by atoms with van der Waals surface area (Å²) in [5, 5.41) is 18.2. The monoisotopic (exact) mass is 290 g/mol. The molecule has 0 saturated heterocycles. The Morgan fingerprint density at radius 2 is 2.24 bits per heavy atom. The fourth-order valence-corrected chi connectivity index (χ4v) is 2.68. The second-order valence-corrected chi connectivity index (χ2v) is 6.64. The van der Waals surface area contributed by atoms with E-state index in [0.29, 0.717) is 25.4 Å². The molecule has 2 aromatic rings. The van der Waals surface area contributed by atoms with Crippen LogP contribution in [0.25, 0.3) is 11.2 Å². The maximum absolute atomic E-state index is 9.84. The smallest absolute Gasteiger partial charge is 0.178 e. The quantitative estimate of drug-likeness (QED) is 0.915. The normalized spacial score (nSPS) is 25.3. The highest BCUT2D eigenvalue weighted by atomic mass is 16.5. The van der Waals surface area contributed by atoms with Crippen LogP contribution in [0.5, 0.6) is 5.75 Å². The zero-order valence-electron chi connectivity index (χ0n) is 12.8. The summed E-state index contributed by atoms with van der Waals surface area (Å²) in [6, 6.07) is 2.06. The van der Waals surface area contributed by atoms with Crippen molar-refractivity contribution in [2.75, 3.05) is 6.61 Å². The van der Waals surface area contributed by atoms with E-state index in [4.69, 9.17) is 4.74 Å². The van der Waals surface area contributed by atoms with Crippen LogP contribution in [0.1, 0.15) is 46.1 Å². The highest BCUT2D eigenvalue weighted by Gasteiger charge is 2.40. The second-order valence-electron chi connectivity index (χ2n) is 6.64. The zero-order chi connectivity index (χ0) is 15.0. The predicted molar refractivity (Wildman–Crippen MR) is 79.2 cm³/mol. The van der Waals surface area contributed by atoms with Crippen molar-refractivity contribution in [3.8, 4) is 5.75 Å². The first-order chi connectivity index (χ1) is 9.94. The first-order valence-electron chi connectivity index (χ1n) is 7.51. The molecule has 1 saturated carbocycles. The van der Waals surface area contributed by atoms with E-state index in [0.717, 1.165) is 23.3 Å². The third-order valence-corrected chi connectivity index (χ3v) is 3.95. The molecular weight excluding hydrogens is 268 g/mol. The van der Waals surface area contributed by atoms with Gasteiger partial charge in [0.2, 0.25) is 0 Å². The number of hydrogen-bond acceptors (Lipinski definition) is 5. The summed E-state index contributed by atoms with van der Waals surface area (Å²) >= 11 is 0. The van der Waals surface area contributed by atoms with Crippen molar-refractivity contribution in [3.05, 3.63) is 12.3 Å². The Kier molecular flexibility index (Phi) is 3.57. The lowest BCUT2D eigenvalue weighted by molar-refractivity contribution is -0.0536. The van der Waals surface area contributed by atoms with Crippen LogP contribution in [0, 0.1) is 5.92 Å². The van der Waals surface area contributed by atoms with Gasteiger partial charge in [0.15, 0.2) is 5.65 Å². The third kappa shape index (κ3) is 3.00. The number of rotatable bonds is 5. The van der Waals surface area contributed by atoms with Gasteiger partial charge >= 0.3 is 0 Å². The molecule has 1 N–H and O–H groups in total. The van der Waals surface area contributed by atoms with E-state index in [9.17, 15) is 5.11 Å². The minimum Gasteiger partial charge on any atom is -0.492 e. The van der Waals surface area contributed by atoms with E-state index < -0.39 is 5.60 Å². The van der Waals surface area contributed by atoms with Crippen molar-refractivity contribution < 1.29 is 9.84 Å². The van der Waals surface area contributed by atoms with Gasteiger partial charge < -0.3 is 9.84 Å². The summed E-state index contributed by atoms with van der Waals surface area (Å²) in [6.45, 7) is 6.87. The van der Waals surface area contributed by atoms with Gasteiger partial charge in [0.1, 0.15) is 11.3 Å². The fraction of sp³-hybridized carbons (Fsp3) is 0.667. The number of aliphatic hydroxyl groups is 1. The van der Waals surface area contributed by atoms with E-state index in [2.05, 4.69) is 29.1 Å². The molecule has 0 aromatic carbocycles. The highest BCUT2D eigenvalue weighted by molar-refractivity contribution is 5.71. The number of nitrogens with zero attached hydrogens (tertiary/aromatic N) is 4. The van der Waals surface area contributed by atoms with Crippen LogP contribution in [0.15, 0.2) is 12.3 Å². The van der Waals surface area contributed by atoms with Crippen molar-refractivity contribution in [2.24, 2.45) is 5.92 Å². The van der Waals surface area contributed by atoms with Crippen LogP contribution < -0.4 is 4.74 Å². The van der Waals surface area contributed by atoms with Crippen LogP contribution in [0.4, 0.5) is 0 Å². The summed E-state index contributed by atoms with van der Waals surface area (Å²) in [5.41, 5.74) is 0.915. The molecule has 0 bridgehead atoms. The molecule has 1 aliphatic rings. The summed E-state index contributed by atoms with van der Waals surface area (Å²) in [5.74, 6) is 1.35. The lowest BCUT2D eigenvalue weighted by Gasteiger charge is -2.40. The molecule has 2 aromatic heterocycles. The van der Waals surface area contributed by atoms with Crippen LogP contribution in [0.3, 0.4) is 0 Å². The Balaban J connectivity index is 1.72. The van der Waals surface area contributed by atoms with E-state index >= 15 is 0 Å². The average Bonchev–Trinajstić information content (AvgIpc) is 2.78. The molecule has 21 heavy (non-hydrogen) atoms. The Morgan fingerprint density at radius 3 is 2.90 bits per heavy atom. The number of aromatic nitrogens is 4. The van der Waals surface area contributed by atoms with Crippen molar-refractivity contribution in [1.82, 2.24) is 20.0 Å². The topological polar surface area (TPSA) is 73.1 Å². The second kappa shape index (κ2) is 5.26. The van der Waals surface area contributed by atoms with Crippen molar-refractivity contribution in [2.45, 2.75) is 51.7 Å². The summed E-state index contributed by atoms with van der Waals surface area (Å²) in [7, 11) is 0. The van der Waals surface area contributed by atoms with Crippen LogP contribution >= 0.6 is 0 Å². The maximum Gasteiger partial charge on any atom is 0.178 e. The van der Waals surface area contributed by atoms with Gasteiger partial charge in [0, 0.05) is 6.07 Å².